The van der Waals surface area contributed by atoms with Crippen LogP contribution in [-0.2, 0) is 17.8 Å². The Morgan fingerprint density at radius 2 is 2.37 bits per heavy atom. The number of carbonyl (C=O) groups is 1. The van der Waals surface area contributed by atoms with Gasteiger partial charge in [0.2, 0.25) is 5.91 Å². The molecule has 0 aromatic heterocycles. The average Bonchev–Trinajstić information content (AvgIpc) is 3.07. The molecule has 1 amide bonds. The first-order valence-corrected chi connectivity index (χ1v) is 7.09. The third-order valence-electron chi connectivity index (χ3n) is 4.53. The Balaban J connectivity index is 1.56. The number of hydrogen-bond donors (Lipinski definition) is 1. The maximum atomic E-state index is 12.1. The Labute approximate surface area is 112 Å². The number of ether oxygens (including phenoxy) is 1. The topological polar surface area (TPSA) is 41.6 Å². The monoisotopic (exact) mass is 258 g/mol. The van der Waals surface area contributed by atoms with E-state index >= 15 is 0 Å². The van der Waals surface area contributed by atoms with Crippen molar-refractivity contribution in [3.05, 3.63) is 29.3 Å². The standard InChI is InChI=1S/C15H18N2O2/c18-15-8-12-13(3-5-16-12)17(15)9-10-1-2-14-11(7-10)4-6-19-14/h1-2,7,12-13,16H,3-6,8-9H2/t12-,13-/m1/s1. The normalized spacial score (nSPS) is 28.4. The first-order valence-electron chi connectivity index (χ1n) is 7.09. The van der Waals surface area contributed by atoms with E-state index in [0.29, 0.717) is 24.4 Å². The van der Waals surface area contributed by atoms with Gasteiger partial charge in [-0.2, -0.15) is 0 Å². The third kappa shape index (κ3) is 1.82. The van der Waals surface area contributed by atoms with Gasteiger partial charge in [0.05, 0.1) is 6.61 Å². The van der Waals surface area contributed by atoms with Crippen LogP contribution in [0.1, 0.15) is 24.0 Å². The number of likely N-dealkylation sites (tertiary alicyclic amines) is 1. The van der Waals surface area contributed by atoms with Gasteiger partial charge in [0, 0.05) is 31.5 Å². The van der Waals surface area contributed by atoms with Crippen LogP contribution in [0.4, 0.5) is 0 Å². The number of fused-ring (bicyclic) bond motifs is 2. The van der Waals surface area contributed by atoms with Gasteiger partial charge in [-0.1, -0.05) is 12.1 Å². The number of benzene rings is 1. The van der Waals surface area contributed by atoms with E-state index in [-0.39, 0.29) is 0 Å². The lowest BCUT2D eigenvalue weighted by Crippen LogP contribution is -2.35. The van der Waals surface area contributed by atoms with E-state index in [9.17, 15) is 4.79 Å². The fraction of sp³-hybridized carbons (Fsp3) is 0.533. The zero-order valence-corrected chi connectivity index (χ0v) is 10.9. The average molecular weight is 258 g/mol. The zero-order valence-electron chi connectivity index (χ0n) is 10.9. The van der Waals surface area contributed by atoms with E-state index in [1.807, 2.05) is 6.07 Å². The van der Waals surface area contributed by atoms with Crippen LogP contribution in [0, 0.1) is 0 Å². The molecule has 1 aromatic rings. The molecule has 2 saturated heterocycles. The number of amides is 1. The lowest BCUT2D eigenvalue weighted by atomic mass is 10.1. The molecule has 0 saturated carbocycles. The fourth-order valence-electron chi connectivity index (χ4n) is 3.57. The van der Waals surface area contributed by atoms with Crippen molar-refractivity contribution in [3.63, 3.8) is 0 Å². The molecule has 2 fully saturated rings. The van der Waals surface area contributed by atoms with E-state index in [4.69, 9.17) is 4.74 Å². The molecule has 19 heavy (non-hydrogen) atoms. The molecule has 100 valence electrons. The largest absolute Gasteiger partial charge is 0.493 e. The summed E-state index contributed by atoms with van der Waals surface area (Å²) in [6.07, 6.45) is 2.74. The summed E-state index contributed by atoms with van der Waals surface area (Å²) < 4.78 is 5.52. The highest BCUT2D eigenvalue weighted by Crippen LogP contribution is 2.30. The molecule has 3 aliphatic rings. The van der Waals surface area contributed by atoms with Crippen LogP contribution in [0.2, 0.25) is 0 Å². The summed E-state index contributed by atoms with van der Waals surface area (Å²) in [5.41, 5.74) is 2.51. The Kier molecular flexibility index (Phi) is 2.52. The zero-order chi connectivity index (χ0) is 12.8. The van der Waals surface area contributed by atoms with Crippen molar-refractivity contribution in [2.24, 2.45) is 0 Å². The van der Waals surface area contributed by atoms with Gasteiger partial charge in [0.25, 0.3) is 0 Å². The van der Waals surface area contributed by atoms with Gasteiger partial charge >= 0.3 is 0 Å². The lowest BCUT2D eigenvalue weighted by molar-refractivity contribution is -0.129. The summed E-state index contributed by atoms with van der Waals surface area (Å²) in [4.78, 5) is 14.1. The van der Waals surface area contributed by atoms with Crippen LogP contribution in [0.15, 0.2) is 18.2 Å². The molecule has 3 aliphatic heterocycles. The highest BCUT2D eigenvalue weighted by Gasteiger charge is 2.42. The van der Waals surface area contributed by atoms with Crippen LogP contribution < -0.4 is 10.1 Å². The summed E-state index contributed by atoms with van der Waals surface area (Å²) in [7, 11) is 0. The van der Waals surface area contributed by atoms with Crippen molar-refractivity contribution in [1.82, 2.24) is 10.2 Å². The number of rotatable bonds is 2. The van der Waals surface area contributed by atoms with Gasteiger partial charge in [0.15, 0.2) is 0 Å². The van der Waals surface area contributed by atoms with Crippen molar-refractivity contribution >= 4 is 5.91 Å². The van der Waals surface area contributed by atoms with E-state index in [1.165, 1.54) is 11.1 Å². The Hall–Kier alpha value is -1.55. The van der Waals surface area contributed by atoms with E-state index < -0.39 is 0 Å². The van der Waals surface area contributed by atoms with Crippen LogP contribution in [0.5, 0.6) is 5.75 Å². The minimum Gasteiger partial charge on any atom is -0.493 e. The maximum Gasteiger partial charge on any atom is 0.224 e. The van der Waals surface area contributed by atoms with Crippen LogP contribution in [0.3, 0.4) is 0 Å². The second-order valence-electron chi connectivity index (χ2n) is 5.68. The molecule has 1 N–H and O–H groups in total. The molecule has 0 radical (unpaired) electrons. The van der Waals surface area contributed by atoms with Gasteiger partial charge in [0.1, 0.15) is 5.75 Å². The first-order chi connectivity index (χ1) is 9.31. The predicted molar refractivity (Wildman–Crippen MR) is 71.0 cm³/mol. The van der Waals surface area contributed by atoms with E-state index in [2.05, 4.69) is 22.3 Å². The molecule has 1 aromatic carbocycles. The molecule has 4 nitrogen and oxygen atoms in total. The molecule has 4 heteroatoms. The number of carbonyl (C=O) groups excluding carboxylic acids is 1. The molecule has 0 spiro atoms. The van der Waals surface area contributed by atoms with Gasteiger partial charge in [-0.3, -0.25) is 4.79 Å². The molecule has 0 bridgehead atoms. The minimum absolute atomic E-state index is 0.291. The quantitative estimate of drug-likeness (QED) is 0.863. The molecular weight excluding hydrogens is 240 g/mol. The highest BCUT2D eigenvalue weighted by molar-refractivity contribution is 5.80. The number of hydrogen-bond acceptors (Lipinski definition) is 3. The maximum absolute atomic E-state index is 12.1. The molecule has 0 aliphatic carbocycles. The first kappa shape index (κ1) is 11.3. The van der Waals surface area contributed by atoms with Gasteiger partial charge in [-0.15, -0.1) is 0 Å². The summed E-state index contributed by atoms with van der Waals surface area (Å²) in [5.74, 6) is 1.30. The summed E-state index contributed by atoms with van der Waals surface area (Å²) in [5, 5.41) is 3.42. The second kappa shape index (κ2) is 4.23. The van der Waals surface area contributed by atoms with Gasteiger partial charge < -0.3 is 15.0 Å². The fourth-order valence-corrected chi connectivity index (χ4v) is 3.57. The van der Waals surface area contributed by atoms with Crippen LogP contribution >= 0.6 is 0 Å². The second-order valence-corrected chi connectivity index (χ2v) is 5.68. The smallest absolute Gasteiger partial charge is 0.224 e. The molecular formula is C15H18N2O2. The summed E-state index contributed by atoms with van der Waals surface area (Å²) >= 11 is 0. The van der Waals surface area contributed by atoms with E-state index in [0.717, 1.165) is 38.3 Å². The number of nitrogens with zero attached hydrogens (tertiary/aromatic N) is 1. The van der Waals surface area contributed by atoms with Crippen LogP contribution in [0.25, 0.3) is 0 Å². The van der Waals surface area contributed by atoms with Crippen LogP contribution in [-0.4, -0.2) is 36.0 Å². The van der Waals surface area contributed by atoms with Crippen molar-refractivity contribution in [2.45, 2.75) is 37.9 Å². The van der Waals surface area contributed by atoms with Crippen molar-refractivity contribution in [2.75, 3.05) is 13.2 Å². The molecule has 4 rings (SSSR count). The van der Waals surface area contributed by atoms with Crippen molar-refractivity contribution in [1.29, 1.82) is 0 Å². The summed E-state index contributed by atoms with van der Waals surface area (Å²) in [6.45, 7) is 2.57. The minimum atomic E-state index is 0.291. The van der Waals surface area contributed by atoms with Gasteiger partial charge in [-0.05, 0) is 30.2 Å². The molecule has 3 heterocycles. The Morgan fingerprint density at radius 1 is 1.42 bits per heavy atom. The molecule has 0 unspecified atom stereocenters. The SMILES string of the molecule is O=C1C[C@H]2NCC[C@H]2N1Cc1ccc2c(c1)CCO2. The van der Waals surface area contributed by atoms with Crippen molar-refractivity contribution < 1.29 is 9.53 Å². The predicted octanol–water partition coefficient (Wildman–Crippen LogP) is 1.08. The van der Waals surface area contributed by atoms with E-state index in [1.54, 1.807) is 0 Å². The third-order valence-corrected chi connectivity index (χ3v) is 4.53. The number of nitrogens with one attached hydrogen (secondary N) is 1. The lowest BCUT2D eigenvalue weighted by Gasteiger charge is -2.23. The summed E-state index contributed by atoms with van der Waals surface area (Å²) in [6, 6.07) is 7.11. The Bertz CT molecular complexity index is 529. The van der Waals surface area contributed by atoms with Crippen molar-refractivity contribution in [3.8, 4) is 5.75 Å². The highest BCUT2D eigenvalue weighted by atomic mass is 16.5. The van der Waals surface area contributed by atoms with Gasteiger partial charge in [-0.25, -0.2) is 0 Å². The molecule has 2 atom stereocenters. The Morgan fingerprint density at radius 3 is 3.32 bits per heavy atom.